The number of aliphatic hydroxyl groups is 1. The molecule has 0 heterocycles. The van der Waals surface area contributed by atoms with Crippen LogP contribution in [0, 0.1) is 0 Å². The summed E-state index contributed by atoms with van der Waals surface area (Å²) >= 11 is 0. The molecular formula is C33H55NO5S. The first-order valence-electron chi connectivity index (χ1n) is 15.1. The summed E-state index contributed by atoms with van der Waals surface area (Å²) in [5.41, 5.74) is 0. The van der Waals surface area contributed by atoms with E-state index in [9.17, 15) is 22.9 Å². The van der Waals surface area contributed by atoms with E-state index in [1.807, 2.05) is 12.2 Å². The molecule has 0 saturated heterocycles. The van der Waals surface area contributed by atoms with Crippen LogP contribution in [0.1, 0.15) is 110 Å². The zero-order chi connectivity index (χ0) is 29.7. The summed E-state index contributed by atoms with van der Waals surface area (Å²) in [6.07, 6.45) is 37.6. The molecule has 6 nitrogen and oxygen atoms in total. The van der Waals surface area contributed by atoms with E-state index in [0.717, 1.165) is 57.8 Å². The van der Waals surface area contributed by atoms with Gasteiger partial charge in [-0.05, 0) is 57.8 Å². The lowest BCUT2D eigenvalue weighted by Crippen LogP contribution is -2.46. The maximum atomic E-state index is 12.3. The molecule has 0 aromatic heterocycles. The Balaban J connectivity index is 4.21. The molecule has 7 heteroatoms. The minimum Gasteiger partial charge on any atom is -0.387 e. The van der Waals surface area contributed by atoms with Gasteiger partial charge >= 0.3 is 0 Å². The van der Waals surface area contributed by atoms with Crippen LogP contribution in [-0.2, 0) is 14.9 Å². The lowest BCUT2D eigenvalue weighted by molar-refractivity contribution is -0.122. The van der Waals surface area contributed by atoms with Crippen LogP contribution in [0.2, 0.25) is 0 Å². The van der Waals surface area contributed by atoms with Crippen molar-refractivity contribution in [3.63, 3.8) is 0 Å². The average molecular weight is 578 g/mol. The van der Waals surface area contributed by atoms with Gasteiger partial charge < -0.3 is 10.4 Å². The summed E-state index contributed by atoms with van der Waals surface area (Å²) < 4.78 is 32.1. The van der Waals surface area contributed by atoms with E-state index in [1.165, 1.54) is 31.8 Å². The second kappa shape index (κ2) is 27.0. The van der Waals surface area contributed by atoms with Crippen LogP contribution in [0.3, 0.4) is 0 Å². The Kier molecular flexibility index (Phi) is 25.5. The fourth-order valence-electron chi connectivity index (χ4n) is 3.89. The molecule has 0 radical (unpaired) electrons. The first-order valence-corrected chi connectivity index (χ1v) is 16.7. The van der Waals surface area contributed by atoms with E-state index in [1.54, 1.807) is 0 Å². The summed E-state index contributed by atoms with van der Waals surface area (Å²) in [4.78, 5) is 12.3. The number of amides is 1. The molecule has 3 N–H and O–H groups in total. The highest BCUT2D eigenvalue weighted by Gasteiger charge is 2.24. The molecule has 0 aromatic rings. The summed E-state index contributed by atoms with van der Waals surface area (Å²) in [5, 5.41) is 13.0. The molecule has 1 amide bonds. The van der Waals surface area contributed by atoms with Crippen molar-refractivity contribution in [1.29, 1.82) is 0 Å². The van der Waals surface area contributed by atoms with Crippen molar-refractivity contribution in [2.75, 3.05) is 5.75 Å². The van der Waals surface area contributed by atoms with Crippen LogP contribution in [0.25, 0.3) is 0 Å². The van der Waals surface area contributed by atoms with Gasteiger partial charge in [-0.1, -0.05) is 119 Å². The Labute approximate surface area is 244 Å². The quantitative estimate of drug-likeness (QED) is 0.0580. The van der Waals surface area contributed by atoms with Gasteiger partial charge in [0.25, 0.3) is 10.1 Å². The van der Waals surface area contributed by atoms with E-state index < -0.39 is 28.0 Å². The third-order valence-corrected chi connectivity index (χ3v) is 6.92. The molecule has 40 heavy (non-hydrogen) atoms. The van der Waals surface area contributed by atoms with Crippen molar-refractivity contribution in [1.82, 2.24) is 5.32 Å². The number of nitrogens with one attached hydrogen (secondary N) is 1. The van der Waals surface area contributed by atoms with Gasteiger partial charge in [-0.15, -0.1) is 0 Å². The molecule has 0 saturated carbocycles. The SMILES string of the molecule is CC/C=C\C/C=C\C/C=C\C/C=C\C/C=C\CCCC(=O)NC(CS(=O)(=O)O)C(O)/C=C/CCCCCCCC. The molecule has 2 unspecified atom stereocenters. The number of carbonyl (C=O) groups is 1. The van der Waals surface area contributed by atoms with E-state index in [-0.39, 0.29) is 12.3 Å². The number of unbranched alkanes of at least 4 members (excludes halogenated alkanes) is 7. The third-order valence-electron chi connectivity index (χ3n) is 6.14. The van der Waals surface area contributed by atoms with Crippen molar-refractivity contribution in [3.05, 3.63) is 72.9 Å². The smallest absolute Gasteiger partial charge is 0.267 e. The predicted molar refractivity (Wildman–Crippen MR) is 170 cm³/mol. The number of allylic oxidation sites excluding steroid dienone is 11. The molecular weight excluding hydrogens is 522 g/mol. The number of aliphatic hydroxyl groups excluding tert-OH is 1. The Morgan fingerprint density at radius 2 is 1.20 bits per heavy atom. The van der Waals surface area contributed by atoms with Gasteiger partial charge in [0.15, 0.2) is 0 Å². The summed E-state index contributed by atoms with van der Waals surface area (Å²) in [6, 6.07) is -1.09. The lowest BCUT2D eigenvalue weighted by Gasteiger charge is -2.21. The Hall–Kier alpha value is -2.22. The summed E-state index contributed by atoms with van der Waals surface area (Å²) in [7, 11) is -4.35. The van der Waals surface area contributed by atoms with Gasteiger partial charge in [0.05, 0.1) is 17.9 Å². The molecule has 2 atom stereocenters. The van der Waals surface area contributed by atoms with Gasteiger partial charge in [0.1, 0.15) is 0 Å². The molecule has 228 valence electrons. The monoisotopic (exact) mass is 577 g/mol. The van der Waals surface area contributed by atoms with E-state index >= 15 is 0 Å². The maximum absolute atomic E-state index is 12.3. The zero-order valence-electron chi connectivity index (χ0n) is 24.9. The van der Waals surface area contributed by atoms with Gasteiger partial charge in [-0.2, -0.15) is 8.42 Å². The maximum Gasteiger partial charge on any atom is 0.267 e. The Morgan fingerprint density at radius 1 is 0.700 bits per heavy atom. The van der Waals surface area contributed by atoms with Gasteiger partial charge in [-0.3, -0.25) is 9.35 Å². The zero-order valence-corrected chi connectivity index (χ0v) is 25.7. The molecule has 0 aromatic carbocycles. The molecule has 0 spiro atoms. The van der Waals surface area contributed by atoms with E-state index in [4.69, 9.17) is 0 Å². The van der Waals surface area contributed by atoms with Gasteiger partial charge in [0, 0.05) is 6.42 Å². The highest BCUT2D eigenvalue weighted by atomic mass is 32.2. The van der Waals surface area contributed by atoms with Crippen LogP contribution in [0.4, 0.5) is 0 Å². The van der Waals surface area contributed by atoms with E-state index in [2.05, 4.69) is 73.8 Å². The lowest BCUT2D eigenvalue weighted by atomic mass is 10.1. The molecule has 0 aliphatic carbocycles. The van der Waals surface area contributed by atoms with Crippen molar-refractivity contribution >= 4 is 16.0 Å². The molecule has 0 fully saturated rings. The minimum atomic E-state index is -4.35. The normalized spacial score (nSPS) is 14.6. The minimum absolute atomic E-state index is 0.213. The van der Waals surface area contributed by atoms with Crippen LogP contribution < -0.4 is 5.32 Å². The first kappa shape index (κ1) is 37.8. The van der Waals surface area contributed by atoms with Gasteiger partial charge in [-0.25, -0.2) is 0 Å². The van der Waals surface area contributed by atoms with Crippen LogP contribution in [0.5, 0.6) is 0 Å². The number of rotatable bonds is 25. The second-order valence-electron chi connectivity index (χ2n) is 10.00. The topological polar surface area (TPSA) is 104 Å². The Bertz CT molecular complexity index is 900. The fourth-order valence-corrected chi connectivity index (χ4v) is 4.63. The predicted octanol–water partition coefficient (Wildman–Crippen LogP) is 7.95. The van der Waals surface area contributed by atoms with Crippen LogP contribution >= 0.6 is 0 Å². The molecule has 0 aliphatic heterocycles. The fraction of sp³-hybridized carbons (Fsp3) is 0.606. The van der Waals surface area contributed by atoms with Crippen molar-refractivity contribution in [2.24, 2.45) is 0 Å². The second-order valence-corrected chi connectivity index (χ2v) is 11.5. The summed E-state index contributed by atoms with van der Waals surface area (Å²) in [5.74, 6) is -1.07. The van der Waals surface area contributed by atoms with E-state index in [0.29, 0.717) is 6.42 Å². The number of carbonyl (C=O) groups excluding carboxylic acids is 1. The van der Waals surface area contributed by atoms with Crippen LogP contribution in [-0.4, -0.2) is 41.9 Å². The highest BCUT2D eigenvalue weighted by Crippen LogP contribution is 2.09. The standard InChI is InChI=1S/C33H55NO5S/c1-3-5-7-9-11-13-14-15-16-17-18-19-20-21-23-25-27-29-33(36)34-31(30-40(37,38)39)32(35)28-26-24-22-12-10-8-6-4-2/h5,7,11,13,15-16,18-19,21,23,26,28,31-32,35H,3-4,6,8-10,12,14,17,20,22,24-25,27,29-30H2,1-2H3,(H,34,36)(H,37,38,39)/b7-5-,13-11-,16-15-,19-18-,23-21-,28-26+. The van der Waals surface area contributed by atoms with Crippen molar-refractivity contribution in [2.45, 2.75) is 122 Å². The molecule has 0 aliphatic rings. The van der Waals surface area contributed by atoms with Crippen molar-refractivity contribution in [3.8, 4) is 0 Å². The number of hydrogen-bond acceptors (Lipinski definition) is 4. The molecule has 0 bridgehead atoms. The van der Waals surface area contributed by atoms with Crippen molar-refractivity contribution < 1.29 is 22.9 Å². The van der Waals surface area contributed by atoms with Crippen LogP contribution in [0.15, 0.2) is 72.9 Å². The summed E-state index contributed by atoms with van der Waals surface area (Å²) in [6.45, 7) is 4.31. The highest BCUT2D eigenvalue weighted by molar-refractivity contribution is 7.85. The largest absolute Gasteiger partial charge is 0.387 e. The molecule has 0 rings (SSSR count). The number of hydrogen-bond donors (Lipinski definition) is 3. The average Bonchev–Trinajstić information content (AvgIpc) is 2.90. The first-order chi connectivity index (χ1) is 19.3. The Morgan fingerprint density at radius 3 is 1.75 bits per heavy atom. The van der Waals surface area contributed by atoms with Gasteiger partial charge in [0.2, 0.25) is 5.91 Å². The third kappa shape index (κ3) is 27.4.